The monoisotopic (exact) mass is 170 g/mol. The molecule has 0 N–H and O–H groups in total. The third-order valence-corrected chi connectivity index (χ3v) is 2.45. The number of ether oxygens (including phenoxy) is 1. The standard InChI is InChI=1S/C10H18O2/c1-2-3-4-5-6-9-7-8-12-10(9)11/h9H,2-8H2,1H3/t9-/m1/s1. The summed E-state index contributed by atoms with van der Waals surface area (Å²) in [7, 11) is 0. The fourth-order valence-electron chi connectivity index (χ4n) is 1.62. The lowest BCUT2D eigenvalue weighted by atomic mass is 10.00. The fourth-order valence-corrected chi connectivity index (χ4v) is 1.62. The third kappa shape index (κ3) is 2.84. The number of hydrogen-bond donors (Lipinski definition) is 0. The molecule has 1 heterocycles. The van der Waals surface area contributed by atoms with Gasteiger partial charge in [0.1, 0.15) is 0 Å². The zero-order valence-electron chi connectivity index (χ0n) is 7.84. The van der Waals surface area contributed by atoms with Crippen LogP contribution in [-0.2, 0) is 9.53 Å². The summed E-state index contributed by atoms with van der Waals surface area (Å²) in [6.07, 6.45) is 6.99. The quantitative estimate of drug-likeness (QED) is 0.468. The first-order valence-electron chi connectivity index (χ1n) is 5.01. The minimum absolute atomic E-state index is 0.0338. The zero-order valence-corrected chi connectivity index (χ0v) is 7.84. The Labute approximate surface area is 74.3 Å². The van der Waals surface area contributed by atoms with Gasteiger partial charge in [-0.15, -0.1) is 0 Å². The average molecular weight is 170 g/mol. The molecule has 0 spiro atoms. The first-order valence-corrected chi connectivity index (χ1v) is 5.01. The van der Waals surface area contributed by atoms with Gasteiger partial charge in [-0.05, 0) is 12.8 Å². The molecule has 0 aliphatic carbocycles. The predicted octanol–water partition coefficient (Wildman–Crippen LogP) is 2.52. The van der Waals surface area contributed by atoms with Crippen LogP contribution in [-0.4, -0.2) is 12.6 Å². The van der Waals surface area contributed by atoms with E-state index < -0.39 is 0 Å². The second-order valence-corrected chi connectivity index (χ2v) is 3.50. The maximum Gasteiger partial charge on any atom is 0.309 e. The minimum Gasteiger partial charge on any atom is -0.465 e. The summed E-state index contributed by atoms with van der Waals surface area (Å²) in [4.78, 5) is 11.0. The summed E-state index contributed by atoms with van der Waals surface area (Å²) in [5.74, 6) is 0.258. The Morgan fingerprint density at radius 2 is 2.25 bits per heavy atom. The summed E-state index contributed by atoms with van der Waals surface area (Å²) in [6.45, 7) is 2.85. The van der Waals surface area contributed by atoms with Crippen LogP contribution in [0.2, 0.25) is 0 Å². The molecule has 1 aliphatic rings. The van der Waals surface area contributed by atoms with Crippen LogP contribution in [0, 0.1) is 5.92 Å². The van der Waals surface area contributed by atoms with E-state index in [-0.39, 0.29) is 11.9 Å². The first-order chi connectivity index (χ1) is 5.84. The number of cyclic esters (lactones) is 1. The van der Waals surface area contributed by atoms with Crippen LogP contribution in [0.4, 0.5) is 0 Å². The molecular formula is C10H18O2. The van der Waals surface area contributed by atoms with Gasteiger partial charge >= 0.3 is 5.97 Å². The summed E-state index contributed by atoms with van der Waals surface area (Å²) >= 11 is 0. The summed E-state index contributed by atoms with van der Waals surface area (Å²) in [6, 6.07) is 0. The molecule has 0 unspecified atom stereocenters. The van der Waals surface area contributed by atoms with Crippen LogP contribution in [0.3, 0.4) is 0 Å². The topological polar surface area (TPSA) is 26.3 Å². The van der Waals surface area contributed by atoms with Crippen LogP contribution >= 0.6 is 0 Å². The van der Waals surface area contributed by atoms with E-state index >= 15 is 0 Å². The van der Waals surface area contributed by atoms with Gasteiger partial charge in [0.2, 0.25) is 0 Å². The Morgan fingerprint density at radius 1 is 1.42 bits per heavy atom. The van der Waals surface area contributed by atoms with E-state index in [2.05, 4.69) is 6.92 Å². The van der Waals surface area contributed by atoms with Gasteiger partial charge in [0.15, 0.2) is 0 Å². The molecule has 70 valence electrons. The van der Waals surface area contributed by atoms with Crippen molar-refractivity contribution in [2.24, 2.45) is 5.92 Å². The summed E-state index contributed by atoms with van der Waals surface area (Å²) in [5.41, 5.74) is 0. The Morgan fingerprint density at radius 3 is 2.83 bits per heavy atom. The maximum atomic E-state index is 11.0. The van der Waals surface area contributed by atoms with Gasteiger partial charge < -0.3 is 4.74 Å². The molecule has 0 amide bonds. The van der Waals surface area contributed by atoms with Crippen molar-refractivity contribution in [1.29, 1.82) is 0 Å². The smallest absolute Gasteiger partial charge is 0.309 e. The van der Waals surface area contributed by atoms with Gasteiger partial charge in [-0.1, -0.05) is 32.6 Å². The van der Waals surface area contributed by atoms with Gasteiger partial charge in [0.05, 0.1) is 12.5 Å². The highest BCUT2D eigenvalue weighted by Gasteiger charge is 2.25. The van der Waals surface area contributed by atoms with Crippen LogP contribution in [0.1, 0.15) is 45.4 Å². The van der Waals surface area contributed by atoms with E-state index in [0.29, 0.717) is 6.61 Å². The Hall–Kier alpha value is -0.530. The Kier molecular flexibility index (Phi) is 4.12. The van der Waals surface area contributed by atoms with Crippen LogP contribution < -0.4 is 0 Å². The number of hydrogen-bond acceptors (Lipinski definition) is 2. The molecule has 12 heavy (non-hydrogen) atoms. The lowest BCUT2D eigenvalue weighted by molar-refractivity contribution is -0.141. The van der Waals surface area contributed by atoms with Crippen LogP contribution in [0.5, 0.6) is 0 Å². The molecule has 0 aromatic carbocycles. The normalized spacial score (nSPS) is 22.8. The zero-order chi connectivity index (χ0) is 8.81. The lowest BCUT2D eigenvalue weighted by Gasteiger charge is -2.03. The van der Waals surface area contributed by atoms with Crippen LogP contribution in [0.25, 0.3) is 0 Å². The van der Waals surface area contributed by atoms with Crippen molar-refractivity contribution in [1.82, 2.24) is 0 Å². The Balaban J connectivity index is 2.02. The third-order valence-electron chi connectivity index (χ3n) is 2.45. The van der Waals surface area contributed by atoms with Gasteiger partial charge in [0, 0.05) is 0 Å². The SMILES string of the molecule is CCCCCC[C@@H]1CCOC1=O. The number of carbonyl (C=O) groups is 1. The van der Waals surface area contributed by atoms with E-state index in [9.17, 15) is 4.79 Å². The number of unbranched alkanes of at least 4 members (excludes halogenated alkanes) is 3. The van der Waals surface area contributed by atoms with Gasteiger partial charge in [0.25, 0.3) is 0 Å². The molecule has 0 aromatic heterocycles. The van der Waals surface area contributed by atoms with Crippen molar-refractivity contribution < 1.29 is 9.53 Å². The number of esters is 1. The molecule has 0 aromatic rings. The molecule has 0 bridgehead atoms. The highest BCUT2D eigenvalue weighted by molar-refractivity contribution is 5.73. The molecule has 2 nitrogen and oxygen atoms in total. The molecule has 1 aliphatic heterocycles. The average Bonchev–Trinajstić information content (AvgIpc) is 2.46. The second kappa shape index (κ2) is 5.18. The molecule has 1 saturated heterocycles. The highest BCUT2D eigenvalue weighted by atomic mass is 16.5. The van der Waals surface area contributed by atoms with Crippen molar-refractivity contribution in [3.05, 3.63) is 0 Å². The minimum atomic E-state index is 0.0338. The van der Waals surface area contributed by atoms with Crippen molar-refractivity contribution in [3.63, 3.8) is 0 Å². The molecule has 0 radical (unpaired) electrons. The van der Waals surface area contributed by atoms with Crippen molar-refractivity contribution >= 4 is 5.97 Å². The van der Waals surface area contributed by atoms with E-state index in [1.165, 1.54) is 25.7 Å². The summed E-state index contributed by atoms with van der Waals surface area (Å²) < 4.78 is 4.88. The number of carbonyl (C=O) groups excluding carboxylic acids is 1. The highest BCUT2D eigenvalue weighted by Crippen LogP contribution is 2.20. The van der Waals surface area contributed by atoms with Crippen molar-refractivity contribution in [3.8, 4) is 0 Å². The first kappa shape index (κ1) is 9.56. The van der Waals surface area contributed by atoms with Crippen molar-refractivity contribution in [2.45, 2.75) is 45.4 Å². The lowest BCUT2D eigenvalue weighted by Crippen LogP contribution is -2.06. The van der Waals surface area contributed by atoms with E-state index in [1.54, 1.807) is 0 Å². The molecule has 1 fully saturated rings. The molecule has 2 heteroatoms. The molecular weight excluding hydrogens is 152 g/mol. The second-order valence-electron chi connectivity index (χ2n) is 3.50. The van der Waals surface area contributed by atoms with Gasteiger partial charge in [-0.25, -0.2) is 0 Å². The molecule has 0 saturated carbocycles. The van der Waals surface area contributed by atoms with Crippen LogP contribution in [0.15, 0.2) is 0 Å². The molecule has 1 rings (SSSR count). The van der Waals surface area contributed by atoms with Gasteiger partial charge in [-0.3, -0.25) is 4.79 Å². The summed E-state index contributed by atoms with van der Waals surface area (Å²) in [5, 5.41) is 0. The van der Waals surface area contributed by atoms with Crippen molar-refractivity contribution in [2.75, 3.05) is 6.61 Å². The van der Waals surface area contributed by atoms with Gasteiger partial charge in [-0.2, -0.15) is 0 Å². The van der Waals surface area contributed by atoms with E-state index in [4.69, 9.17) is 4.74 Å². The Bertz CT molecular complexity index is 143. The molecule has 1 atom stereocenters. The maximum absolute atomic E-state index is 11.0. The number of rotatable bonds is 5. The van der Waals surface area contributed by atoms with E-state index in [1.807, 2.05) is 0 Å². The predicted molar refractivity (Wildman–Crippen MR) is 47.8 cm³/mol. The fraction of sp³-hybridized carbons (Fsp3) is 0.900. The van der Waals surface area contributed by atoms with E-state index in [0.717, 1.165) is 12.8 Å². The largest absolute Gasteiger partial charge is 0.465 e.